The molecule has 0 aromatic heterocycles. The minimum absolute atomic E-state index is 0.00526. The Morgan fingerprint density at radius 3 is 3.10 bits per heavy atom. The summed E-state index contributed by atoms with van der Waals surface area (Å²) in [7, 11) is 0. The zero-order valence-electron chi connectivity index (χ0n) is 12.0. The molecule has 1 fully saturated rings. The highest BCUT2D eigenvalue weighted by molar-refractivity contribution is 6.30. The molecule has 1 aromatic rings. The van der Waals surface area contributed by atoms with Crippen LogP contribution in [0.15, 0.2) is 24.3 Å². The fourth-order valence-corrected chi connectivity index (χ4v) is 2.88. The molecule has 1 saturated heterocycles. The van der Waals surface area contributed by atoms with Crippen LogP contribution in [-0.4, -0.2) is 19.0 Å². The van der Waals surface area contributed by atoms with Crippen LogP contribution in [0.1, 0.15) is 44.2 Å². The topological polar surface area (TPSA) is 41.1 Å². The van der Waals surface area contributed by atoms with Crippen LogP contribution >= 0.6 is 11.6 Å². The number of nitrogens with one attached hydrogen (secondary N) is 2. The third-order valence-corrected chi connectivity index (χ3v) is 4.14. The first-order chi connectivity index (χ1) is 9.65. The predicted octanol–water partition coefficient (Wildman–Crippen LogP) is 3.30. The second kappa shape index (κ2) is 7.65. The van der Waals surface area contributed by atoms with Crippen LogP contribution in [0, 0.1) is 5.92 Å². The van der Waals surface area contributed by atoms with Crippen LogP contribution in [-0.2, 0) is 4.79 Å². The van der Waals surface area contributed by atoms with Crippen molar-refractivity contribution in [3.05, 3.63) is 34.9 Å². The molecule has 20 heavy (non-hydrogen) atoms. The van der Waals surface area contributed by atoms with E-state index in [1.807, 2.05) is 31.2 Å². The molecule has 110 valence electrons. The number of carbonyl (C=O) groups is 1. The Hall–Kier alpha value is -1.06. The number of hydrogen-bond donors (Lipinski definition) is 2. The molecular weight excluding hydrogens is 272 g/mol. The highest BCUT2D eigenvalue weighted by Crippen LogP contribution is 2.19. The maximum absolute atomic E-state index is 12.0. The lowest BCUT2D eigenvalue weighted by Crippen LogP contribution is -2.31. The van der Waals surface area contributed by atoms with Crippen LogP contribution in [0.2, 0.25) is 5.02 Å². The zero-order valence-corrected chi connectivity index (χ0v) is 12.7. The number of rotatable bonds is 5. The van der Waals surface area contributed by atoms with Gasteiger partial charge in [0.05, 0.1) is 6.04 Å². The summed E-state index contributed by atoms with van der Waals surface area (Å²) < 4.78 is 0. The van der Waals surface area contributed by atoms with Gasteiger partial charge in [0.25, 0.3) is 0 Å². The highest BCUT2D eigenvalue weighted by Gasteiger charge is 2.15. The second-order valence-electron chi connectivity index (χ2n) is 5.60. The molecule has 1 aliphatic rings. The van der Waals surface area contributed by atoms with Crippen molar-refractivity contribution in [2.45, 2.75) is 38.6 Å². The van der Waals surface area contributed by atoms with E-state index < -0.39 is 0 Å². The van der Waals surface area contributed by atoms with Gasteiger partial charge in [-0.25, -0.2) is 0 Å². The average molecular weight is 295 g/mol. The smallest absolute Gasteiger partial charge is 0.220 e. The summed E-state index contributed by atoms with van der Waals surface area (Å²) >= 11 is 5.97. The molecule has 2 atom stereocenters. The van der Waals surface area contributed by atoms with Gasteiger partial charge in [-0.2, -0.15) is 0 Å². The molecule has 0 spiro atoms. The Labute approximate surface area is 126 Å². The second-order valence-corrected chi connectivity index (χ2v) is 6.03. The number of hydrogen-bond acceptors (Lipinski definition) is 2. The summed E-state index contributed by atoms with van der Waals surface area (Å²) in [5.74, 6) is 0.777. The summed E-state index contributed by atoms with van der Waals surface area (Å²) in [6.07, 6.45) is 4.05. The molecule has 0 saturated carbocycles. The minimum atomic E-state index is 0.00526. The quantitative estimate of drug-likeness (QED) is 0.875. The van der Waals surface area contributed by atoms with Crippen molar-refractivity contribution in [3.63, 3.8) is 0 Å². The van der Waals surface area contributed by atoms with Gasteiger partial charge in [0.1, 0.15) is 0 Å². The van der Waals surface area contributed by atoms with Crippen molar-refractivity contribution < 1.29 is 4.79 Å². The van der Waals surface area contributed by atoms with Gasteiger partial charge < -0.3 is 10.6 Å². The molecule has 1 aromatic carbocycles. The molecule has 0 aliphatic carbocycles. The van der Waals surface area contributed by atoms with E-state index in [-0.39, 0.29) is 11.9 Å². The van der Waals surface area contributed by atoms with E-state index in [9.17, 15) is 4.79 Å². The van der Waals surface area contributed by atoms with Gasteiger partial charge >= 0.3 is 0 Å². The van der Waals surface area contributed by atoms with Crippen molar-refractivity contribution in [2.75, 3.05) is 13.1 Å². The van der Waals surface area contributed by atoms with Gasteiger partial charge in [0.2, 0.25) is 5.91 Å². The molecule has 4 heteroatoms. The van der Waals surface area contributed by atoms with Gasteiger partial charge in [-0.3, -0.25) is 4.79 Å². The number of piperidine rings is 1. The predicted molar refractivity (Wildman–Crippen MR) is 82.8 cm³/mol. The van der Waals surface area contributed by atoms with Crippen LogP contribution in [0.25, 0.3) is 0 Å². The van der Waals surface area contributed by atoms with Crippen molar-refractivity contribution in [1.29, 1.82) is 0 Å². The molecule has 1 aliphatic heterocycles. The fraction of sp³-hybridized carbons (Fsp3) is 0.562. The van der Waals surface area contributed by atoms with Crippen molar-refractivity contribution in [3.8, 4) is 0 Å². The summed E-state index contributed by atoms with van der Waals surface area (Å²) in [5, 5.41) is 7.14. The number of halogens is 1. The van der Waals surface area contributed by atoms with E-state index >= 15 is 0 Å². The molecular formula is C16H23ClN2O. The van der Waals surface area contributed by atoms with Crippen molar-refractivity contribution in [2.24, 2.45) is 5.92 Å². The Morgan fingerprint density at radius 1 is 1.55 bits per heavy atom. The molecule has 1 amide bonds. The lowest BCUT2D eigenvalue weighted by Gasteiger charge is -2.22. The largest absolute Gasteiger partial charge is 0.350 e. The molecule has 2 N–H and O–H groups in total. The molecule has 0 bridgehead atoms. The third kappa shape index (κ3) is 4.80. The minimum Gasteiger partial charge on any atom is -0.350 e. The van der Waals surface area contributed by atoms with E-state index in [0.29, 0.717) is 17.4 Å². The molecule has 1 unspecified atom stereocenters. The standard InChI is InChI=1S/C16H23ClN2O/c1-12(14-5-2-6-15(17)10-14)19-16(20)8-7-13-4-3-9-18-11-13/h2,5-6,10,12-13,18H,3-4,7-9,11H2,1H3,(H,19,20)/t12-,13?/m1/s1. The molecule has 0 radical (unpaired) electrons. The molecule has 3 nitrogen and oxygen atoms in total. The summed E-state index contributed by atoms with van der Waals surface area (Å²) in [4.78, 5) is 12.0. The van der Waals surface area contributed by atoms with Crippen LogP contribution in [0.4, 0.5) is 0 Å². The number of amides is 1. The summed E-state index contributed by atoms with van der Waals surface area (Å²) in [5.41, 5.74) is 1.05. The van der Waals surface area contributed by atoms with E-state index in [1.165, 1.54) is 12.8 Å². The zero-order chi connectivity index (χ0) is 14.4. The molecule has 1 heterocycles. The van der Waals surface area contributed by atoms with Crippen molar-refractivity contribution >= 4 is 17.5 Å². The van der Waals surface area contributed by atoms with Gasteiger partial charge in [-0.05, 0) is 62.9 Å². The van der Waals surface area contributed by atoms with Crippen LogP contribution in [0.3, 0.4) is 0 Å². The lowest BCUT2D eigenvalue weighted by atomic mass is 9.94. The van der Waals surface area contributed by atoms with Gasteiger partial charge in [0, 0.05) is 11.4 Å². The normalized spacial score (nSPS) is 20.4. The van der Waals surface area contributed by atoms with Crippen LogP contribution < -0.4 is 10.6 Å². The van der Waals surface area contributed by atoms with E-state index in [4.69, 9.17) is 11.6 Å². The maximum atomic E-state index is 12.0. The van der Waals surface area contributed by atoms with Crippen molar-refractivity contribution in [1.82, 2.24) is 10.6 Å². The SMILES string of the molecule is C[C@@H](NC(=O)CCC1CCCNC1)c1cccc(Cl)c1. The highest BCUT2D eigenvalue weighted by atomic mass is 35.5. The van der Waals surface area contributed by atoms with E-state index in [1.54, 1.807) is 0 Å². The Kier molecular flexibility index (Phi) is 5.86. The monoisotopic (exact) mass is 294 g/mol. The third-order valence-electron chi connectivity index (χ3n) is 3.90. The molecule has 2 rings (SSSR count). The van der Waals surface area contributed by atoms with Gasteiger partial charge in [0.15, 0.2) is 0 Å². The van der Waals surface area contributed by atoms with Crippen LogP contribution in [0.5, 0.6) is 0 Å². The maximum Gasteiger partial charge on any atom is 0.220 e. The first-order valence-electron chi connectivity index (χ1n) is 7.40. The Bertz CT molecular complexity index is 444. The van der Waals surface area contributed by atoms with Gasteiger partial charge in [-0.15, -0.1) is 0 Å². The average Bonchev–Trinajstić information content (AvgIpc) is 2.46. The Balaban J connectivity index is 1.76. The first kappa shape index (κ1) is 15.3. The number of carbonyl (C=O) groups excluding carboxylic acids is 1. The summed E-state index contributed by atoms with van der Waals surface area (Å²) in [6.45, 7) is 4.16. The lowest BCUT2D eigenvalue weighted by molar-refractivity contribution is -0.122. The van der Waals surface area contributed by atoms with E-state index in [0.717, 1.165) is 25.1 Å². The van der Waals surface area contributed by atoms with E-state index in [2.05, 4.69) is 10.6 Å². The summed E-state index contributed by atoms with van der Waals surface area (Å²) in [6, 6.07) is 7.65. The fourth-order valence-electron chi connectivity index (χ4n) is 2.68. The van der Waals surface area contributed by atoms with Gasteiger partial charge in [-0.1, -0.05) is 23.7 Å². The first-order valence-corrected chi connectivity index (χ1v) is 7.78. The Morgan fingerprint density at radius 2 is 2.40 bits per heavy atom. The number of benzene rings is 1.